The minimum absolute atomic E-state index is 0.136. The lowest BCUT2D eigenvalue weighted by molar-refractivity contribution is -0.113. The molecule has 0 unspecified atom stereocenters. The first-order chi connectivity index (χ1) is 13.5. The molecule has 0 spiro atoms. The monoisotopic (exact) mass is 466 g/mol. The number of rotatable bonds is 5. The molecule has 10 heteroatoms. The van der Waals surface area contributed by atoms with Crippen LogP contribution in [0.1, 0.15) is 5.56 Å². The number of thioether (sulfide) groups is 1. The highest BCUT2D eigenvalue weighted by Crippen LogP contribution is 2.35. The second-order valence-corrected chi connectivity index (χ2v) is 9.85. The van der Waals surface area contributed by atoms with Crippen molar-refractivity contribution in [2.45, 2.75) is 11.3 Å². The molecule has 0 bridgehead atoms. The standard InChI is InChI=1S/C18H12Cl2N4OS3/c1-9-3-2-4-13-15(9)22-17(27-13)21-14(25)8-26-18-24-23-16(28-18)11-6-5-10(19)7-12(11)20/h2-7H,8H2,1H3,(H,21,22,25). The van der Waals surface area contributed by atoms with E-state index in [2.05, 4.69) is 20.5 Å². The maximum Gasteiger partial charge on any atom is 0.236 e. The number of aryl methyl sites for hydroxylation is 1. The van der Waals surface area contributed by atoms with Crippen molar-refractivity contribution in [1.29, 1.82) is 0 Å². The number of benzene rings is 2. The average molecular weight is 467 g/mol. The van der Waals surface area contributed by atoms with Crippen molar-refractivity contribution in [2.24, 2.45) is 0 Å². The molecule has 4 rings (SSSR count). The second kappa shape index (κ2) is 8.34. The summed E-state index contributed by atoms with van der Waals surface area (Å²) in [5.41, 5.74) is 2.78. The van der Waals surface area contributed by atoms with Crippen molar-refractivity contribution in [1.82, 2.24) is 15.2 Å². The predicted molar refractivity (Wildman–Crippen MR) is 119 cm³/mol. The van der Waals surface area contributed by atoms with Crippen LogP contribution in [0, 0.1) is 6.92 Å². The van der Waals surface area contributed by atoms with E-state index in [4.69, 9.17) is 23.2 Å². The highest BCUT2D eigenvalue weighted by Gasteiger charge is 2.14. The van der Waals surface area contributed by atoms with Gasteiger partial charge >= 0.3 is 0 Å². The van der Waals surface area contributed by atoms with Crippen molar-refractivity contribution in [2.75, 3.05) is 11.1 Å². The van der Waals surface area contributed by atoms with E-state index in [0.717, 1.165) is 21.3 Å². The molecule has 0 fully saturated rings. The zero-order chi connectivity index (χ0) is 19.7. The fourth-order valence-electron chi connectivity index (χ4n) is 2.46. The van der Waals surface area contributed by atoms with Gasteiger partial charge in [-0.25, -0.2) is 4.98 Å². The minimum atomic E-state index is -0.136. The summed E-state index contributed by atoms with van der Waals surface area (Å²) >= 11 is 16.3. The third-order valence-electron chi connectivity index (χ3n) is 3.76. The van der Waals surface area contributed by atoms with E-state index in [9.17, 15) is 4.79 Å². The number of halogens is 2. The largest absolute Gasteiger partial charge is 0.301 e. The number of amides is 1. The van der Waals surface area contributed by atoms with Gasteiger partial charge in [0.1, 0.15) is 5.01 Å². The molecule has 0 atom stereocenters. The average Bonchev–Trinajstić information content (AvgIpc) is 3.27. The van der Waals surface area contributed by atoms with Crippen LogP contribution in [0.25, 0.3) is 20.8 Å². The molecule has 142 valence electrons. The number of aromatic nitrogens is 3. The van der Waals surface area contributed by atoms with Crippen molar-refractivity contribution in [3.05, 3.63) is 52.0 Å². The molecule has 2 aromatic carbocycles. The van der Waals surface area contributed by atoms with Crippen molar-refractivity contribution >= 4 is 78.9 Å². The molecule has 0 aliphatic carbocycles. The van der Waals surface area contributed by atoms with Gasteiger partial charge in [-0.1, -0.05) is 69.8 Å². The van der Waals surface area contributed by atoms with Crippen LogP contribution in [-0.2, 0) is 4.79 Å². The Morgan fingerprint density at radius 2 is 2.04 bits per heavy atom. The van der Waals surface area contributed by atoms with Gasteiger partial charge in [-0.2, -0.15) is 0 Å². The molecule has 0 saturated heterocycles. The third-order valence-corrected chi connectivity index (χ3v) is 7.34. The second-order valence-electron chi connectivity index (χ2n) is 5.77. The molecule has 0 saturated carbocycles. The number of fused-ring (bicyclic) bond motifs is 1. The van der Waals surface area contributed by atoms with E-state index in [1.165, 1.54) is 34.4 Å². The number of nitrogens with one attached hydrogen (secondary N) is 1. The van der Waals surface area contributed by atoms with E-state index in [1.54, 1.807) is 18.2 Å². The van der Waals surface area contributed by atoms with Gasteiger partial charge in [-0.05, 0) is 36.8 Å². The number of carbonyl (C=O) groups is 1. The summed E-state index contributed by atoms with van der Waals surface area (Å²) in [6, 6.07) is 11.2. The number of carbonyl (C=O) groups excluding carboxylic acids is 1. The van der Waals surface area contributed by atoms with E-state index in [0.29, 0.717) is 24.5 Å². The van der Waals surface area contributed by atoms with Crippen molar-refractivity contribution in [3.63, 3.8) is 0 Å². The Bertz CT molecular complexity index is 1170. The summed E-state index contributed by atoms with van der Waals surface area (Å²) in [6.45, 7) is 2.00. The van der Waals surface area contributed by atoms with Crippen LogP contribution in [0.2, 0.25) is 10.0 Å². The van der Waals surface area contributed by atoms with Crippen LogP contribution >= 0.6 is 57.6 Å². The molecule has 1 N–H and O–H groups in total. The number of anilines is 1. The van der Waals surface area contributed by atoms with Gasteiger partial charge in [0, 0.05) is 10.6 Å². The third kappa shape index (κ3) is 4.31. The normalized spacial score (nSPS) is 11.1. The summed E-state index contributed by atoms with van der Waals surface area (Å²) in [7, 11) is 0. The highest BCUT2D eigenvalue weighted by atomic mass is 35.5. The fourth-order valence-corrected chi connectivity index (χ4v) is 5.67. The Morgan fingerprint density at radius 3 is 2.82 bits per heavy atom. The van der Waals surface area contributed by atoms with Crippen molar-refractivity contribution in [3.8, 4) is 10.6 Å². The Labute approximate surface area is 183 Å². The van der Waals surface area contributed by atoms with Crippen LogP contribution in [0.15, 0.2) is 40.7 Å². The molecule has 1 amide bonds. The number of nitrogens with zero attached hydrogens (tertiary/aromatic N) is 3. The first-order valence-corrected chi connectivity index (χ1v) is 11.4. The molecule has 28 heavy (non-hydrogen) atoms. The smallest absolute Gasteiger partial charge is 0.236 e. The molecule has 5 nitrogen and oxygen atoms in total. The van der Waals surface area contributed by atoms with Crippen molar-refractivity contribution < 1.29 is 4.79 Å². The SMILES string of the molecule is Cc1cccc2sc(NC(=O)CSc3nnc(-c4ccc(Cl)cc4Cl)s3)nc12. The number of hydrogen-bond donors (Lipinski definition) is 1. The van der Waals surface area contributed by atoms with Gasteiger partial charge in [0.05, 0.1) is 21.0 Å². The maximum atomic E-state index is 12.3. The molecular formula is C18H12Cl2N4OS3. The van der Waals surface area contributed by atoms with Gasteiger partial charge in [0.25, 0.3) is 0 Å². The summed E-state index contributed by atoms with van der Waals surface area (Å²) in [6.07, 6.45) is 0. The molecule has 2 heterocycles. The van der Waals surface area contributed by atoms with Gasteiger partial charge in [-0.3, -0.25) is 4.79 Å². The van der Waals surface area contributed by atoms with Crippen LogP contribution in [0.4, 0.5) is 5.13 Å². The lowest BCUT2D eigenvalue weighted by Crippen LogP contribution is -2.13. The van der Waals surface area contributed by atoms with Crippen LogP contribution in [-0.4, -0.2) is 26.8 Å². The summed E-state index contributed by atoms with van der Waals surface area (Å²) in [5.74, 6) is 0.0840. The first kappa shape index (κ1) is 19.6. The summed E-state index contributed by atoms with van der Waals surface area (Å²) < 4.78 is 1.74. The van der Waals surface area contributed by atoms with Gasteiger partial charge in [-0.15, -0.1) is 10.2 Å². The van der Waals surface area contributed by atoms with E-state index in [-0.39, 0.29) is 11.7 Å². The molecule has 0 aliphatic rings. The van der Waals surface area contributed by atoms with Gasteiger partial charge in [0.15, 0.2) is 9.47 Å². The van der Waals surface area contributed by atoms with Crippen LogP contribution in [0.5, 0.6) is 0 Å². The van der Waals surface area contributed by atoms with Gasteiger partial charge in [0.2, 0.25) is 5.91 Å². The molecule has 4 aromatic rings. The number of thiazole rings is 1. The first-order valence-electron chi connectivity index (χ1n) is 8.07. The lowest BCUT2D eigenvalue weighted by Gasteiger charge is -2.00. The van der Waals surface area contributed by atoms with Crippen LogP contribution in [0.3, 0.4) is 0 Å². The number of hydrogen-bond acceptors (Lipinski definition) is 7. The van der Waals surface area contributed by atoms with E-state index >= 15 is 0 Å². The highest BCUT2D eigenvalue weighted by molar-refractivity contribution is 8.01. The van der Waals surface area contributed by atoms with E-state index < -0.39 is 0 Å². The molecule has 0 radical (unpaired) electrons. The Morgan fingerprint density at radius 1 is 1.18 bits per heavy atom. The molecular weight excluding hydrogens is 455 g/mol. The number of para-hydroxylation sites is 1. The minimum Gasteiger partial charge on any atom is -0.301 e. The fraction of sp³-hybridized carbons (Fsp3) is 0.111. The summed E-state index contributed by atoms with van der Waals surface area (Å²) in [4.78, 5) is 16.8. The zero-order valence-corrected chi connectivity index (χ0v) is 18.4. The molecule has 0 aliphatic heterocycles. The lowest BCUT2D eigenvalue weighted by atomic mass is 10.2. The molecule has 2 aromatic heterocycles. The maximum absolute atomic E-state index is 12.3. The predicted octanol–water partition coefficient (Wildman–Crippen LogP) is 6.16. The quantitative estimate of drug-likeness (QED) is 0.356. The van der Waals surface area contributed by atoms with Crippen LogP contribution < -0.4 is 5.32 Å². The van der Waals surface area contributed by atoms with Gasteiger partial charge < -0.3 is 5.32 Å². The van der Waals surface area contributed by atoms with E-state index in [1.807, 2.05) is 25.1 Å². The Balaban J connectivity index is 1.39. The topological polar surface area (TPSA) is 67.8 Å². The Hall–Kier alpha value is -1.71. The summed E-state index contributed by atoms with van der Waals surface area (Å²) in [5, 5.41) is 13.5. The zero-order valence-electron chi connectivity index (χ0n) is 14.4. The Kier molecular flexibility index (Phi) is 5.84.